The van der Waals surface area contributed by atoms with E-state index in [1.807, 2.05) is 39.8 Å². The highest BCUT2D eigenvalue weighted by Crippen LogP contribution is 2.37. The van der Waals surface area contributed by atoms with Crippen LogP contribution in [0.2, 0.25) is 0 Å². The number of aryl methyl sites for hydroxylation is 4. The highest BCUT2D eigenvalue weighted by Gasteiger charge is 2.35. The summed E-state index contributed by atoms with van der Waals surface area (Å²) in [6, 6.07) is 4.08. The summed E-state index contributed by atoms with van der Waals surface area (Å²) in [6.07, 6.45) is 0. The first-order chi connectivity index (χ1) is 8.93. The van der Waals surface area contributed by atoms with Crippen molar-refractivity contribution in [3.8, 4) is 0 Å². The lowest BCUT2D eigenvalue weighted by Gasteiger charge is -2.14. The molecule has 0 atom stereocenters. The number of ether oxygens (including phenoxy) is 1. The van der Waals surface area contributed by atoms with E-state index in [0.717, 1.165) is 33.0 Å². The SMILES string of the molecule is Cc1ccc(C)c2c(C)c3c(c(C)c12)C(=O)OC3=O. The largest absolute Gasteiger partial charge is 0.386 e. The van der Waals surface area contributed by atoms with Crippen molar-refractivity contribution in [3.05, 3.63) is 45.5 Å². The molecule has 1 aliphatic heterocycles. The highest BCUT2D eigenvalue weighted by atomic mass is 16.6. The smallest absolute Gasteiger partial charge is 0.347 e. The Labute approximate surface area is 111 Å². The molecule has 0 bridgehead atoms. The van der Waals surface area contributed by atoms with Gasteiger partial charge in [-0.05, 0) is 60.7 Å². The lowest BCUT2D eigenvalue weighted by Crippen LogP contribution is -2.02. The highest BCUT2D eigenvalue weighted by molar-refractivity contribution is 6.20. The van der Waals surface area contributed by atoms with Crippen LogP contribution in [0.1, 0.15) is 43.0 Å². The minimum atomic E-state index is -0.525. The van der Waals surface area contributed by atoms with Gasteiger partial charge in [0.25, 0.3) is 0 Å². The molecule has 1 aliphatic rings. The minimum absolute atomic E-state index is 0.434. The number of carbonyl (C=O) groups is 2. The number of hydrogen-bond acceptors (Lipinski definition) is 3. The number of esters is 2. The van der Waals surface area contributed by atoms with Gasteiger partial charge in [0.2, 0.25) is 0 Å². The van der Waals surface area contributed by atoms with Crippen molar-refractivity contribution in [2.75, 3.05) is 0 Å². The number of cyclic esters (lactones) is 2. The van der Waals surface area contributed by atoms with Crippen LogP contribution in [0.25, 0.3) is 10.8 Å². The first kappa shape index (κ1) is 11.9. The Bertz CT molecular complexity index is 705. The molecule has 3 nitrogen and oxygen atoms in total. The summed E-state index contributed by atoms with van der Waals surface area (Å²) >= 11 is 0. The summed E-state index contributed by atoms with van der Waals surface area (Å²) in [5, 5.41) is 2.12. The number of fused-ring (bicyclic) bond motifs is 2. The van der Waals surface area contributed by atoms with E-state index in [1.54, 1.807) is 0 Å². The molecule has 0 spiro atoms. The third-order valence-corrected chi connectivity index (χ3v) is 3.97. The van der Waals surface area contributed by atoms with Crippen LogP contribution in [0.3, 0.4) is 0 Å². The fourth-order valence-corrected chi connectivity index (χ4v) is 3.10. The maximum atomic E-state index is 11.8. The zero-order valence-corrected chi connectivity index (χ0v) is 11.4. The van der Waals surface area contributed by atoms with Crippen LogP contribution < -0.4 is 0 Å². The van der Waals surface area contributed by atoms with Gasteiger partial charge in [0.1, 0.15) is 0 Å². The van der Waals surface area contributed by atoms with Crippen molar-refractivity contribution in [1.82, 2.24) is 0 Å². The van der Waals surface area contributed by atoms with E-state index in [-0.39, 0.29) is 0 Å². The van der Waals surface area contributed by atoms with Gasteiger partial charge in [-0.3, -0.25) is 0 Å². The normalized spacial score (nSPS) is 13.9. The van der Waals surface area contributed by atoms with Gasteiger partial charge in [0.15, 0.2) is 0 Å². The van der Waals surface area contributed by atoms with Gasteiger partial charge in [-0.25, -0.2) is 9.59 Å². The zero-order valence-electron chi connectivity index (χ0n) is 11.4. The molecule has 0 fully saturated rings. The van der Waals surface area contributed by atoms with Crippen LogP contribution in [0.15, 0.2) is 12.1 Å². The molecule has 0 saturated heterocycles. The lowest BCUT2D eigenvalue weighted by atomic mass is 9.87. The molecule has 96 valence electrons. The van der Waals surface area contributed by atoms with E-state index in [0.29, 0.717) is 11.1 Å². The Kier molecular flexibility index (Phi) is 2.30. The zero-order chi connectivity index (χ0) is 13.9. The van der Waals surface area contributed by atoms with Crippen molar-refractivity contribution in [1.29, 1.82) is 0 Å². The molecule has 2 aromatic rings. The summed E-state index contributed by atoms with van der Waals surface area (Å²) in [5.74, 6) is -1.05. The summed E-state index contributed by atoms with van der Waals surface area (Å²) in [5.41, 5.74) is 4.76. The maximum Gasteiger partial charge on any atom is 0.347 e. The predicted molar refractivity (Wildman–Crippen MR) is 72.6 cm³/mol. The molecule has 0 saturated carbocycles. The molecule has 2 aromatic carbocycles. The molecule has 19 heavy (non-hydrogen) atoms. The Balaban J connectivity index is 2.64. The van der Waals surface area contributed by atoms with Crippen LogP contribution in [0.5, 0.6) is 0 Å². The average Bonchev–Trinajstić information content (AvgIpc) is 2.65. The first-order valence-corrected chi connectivity index (χ1v) is 6.23. The van der Waals surface area contributed by atoms with Gasteiger partial charge in [0.05, 0.1) is 11.1 Å². The molecule has 0 amide bonds. The van der Waals surface area contributed by atoms with Crippen molar-refractivity contribution < 1.29 is 14.3 Å². The van der Waals surface area contributed by atoms with E-state index in [2.05, 4.69) is 0 Å². The second-order valence-corrected chi connectivity index (χ2v) is 5.13. The van der Waals surface area contributed by atoms with Crippen LogP contribution >= 0.6 is 0 Å². The fraction of sp³-hybridized carbons (Fsp3) is 0.250. The predicted octanol–water partition coefficient (Wildman–Crippen LogP) is 3.38. The lowest BCUT2D eigenvalue weighted by molar-refractivity contribution is 0.0443. The molecular weight excluding hydrogens is 240 g/mol. The Morgan fingerprint density at radius 3 is 1.47 bits per heavy atom. The van der Waals surface area contributed by atoms with Gasteiger partial charge >= 0.3 is 11.9 Å². The van der Waals surface area contributed by atoms with Gasteiger partial charge in [-0.15, -0.1) is 0 Å². The summed E-state index contributed by atoms with van der Waals surface area (Å²) < 4.78 is 4.77. The van der Waals surface area contributed by atoms with Crippen molar-refractivity contribution in [2.45, 2.75) is 27.7 Å². The Hall–Kier alpha value is -2.16. The Morgan fingerprint density at radius 2 is 1.11 bits per heavy atom. The van der Waals surface area contributed by atoms with Gasteiger partial charge in [-0.2, -0.15) is 0 Å². The van der Waals surface area contributed by atoms with E-state index in [4.69, 9.17) is 4.74 Å². The Morgan fingerprint density at radius 1 is 0.737 bits per heavy atom. The van der Waals surface area contributed by atoms with Crippen molar-refractivity contribution in [3.63, 3.8) is 0 Å². The molecule has 0 aromatic heterocycles. The molecule has 1 heterocycles. The van der Waals surface area contributed by atoms with Crippen LogP contribution in [-0.4, -0.2) is 11.9 Å². The van der Waals surface area contributed by atoms with Crippen LogP contribution in [0.4, 0.5) is 0 Å². The van der Waals surface area contributed by atoms with E-state index < -0.39 is 11.9 Å². The second kappa shape index (κ2) is 3.67. The average molecular weight is 254 g/mol. The standard InChI is InChI=1S/C16H14O3/c1-7-5-6-8(2)12-10(4)14-13(9(3)11(7)12)15(17)19-16(14)18/h5-6H,1-4H3. The number of benzene rings is 2. The summed E-state index contributed by atoms with van der Waals surface area (Å²) in [4.78, 5) is 23.7. The summed E-state index contributed by atoms with van der Waals surface area (Å²) in [7, 11) is 0. The van der Waals surface area contributed by atoms with E-state index in [9.17, 15) is 9.59 Å². The second-order valence-electron chi connectivity index (χ2n) is 5.13. The van der Waals surface area contributed by atoms with Gasteiger partial charge in [-0.1, -0.05) is 12.1 Å². The molecule has 0 unspecified atom stereocenters. The van der Waals surface area contributed by atoms with Gasteiger partial charge in [0, 0.05) is 0 Å². The first-order valence-electron chi connectivity index (χ1n) is 6.23. The van der Waals surface area contributed by atoms with Crippen LogP contribution in [-0.2, 0) is 4.74 Å². The topological polar surface area (TPSA) is 43.4 Å². The van der Waals surface area contributed by atoms with Crippen molar-refractivity contribution >= 4 is 22.7 Å². The number of hydrogen-bond donors (Lipinski definition) is 0. The third-order valence-electron chi connectivity index (χ3n) is 3.97. The van der Waals surface area contributed by atoms with Crippen LogP contribution in [0, 0.1) is 27.7 Å². The number of rotatable bonds is 0. The number of carbonyl (C=O) groups excluding carboxylic acids is 2. The molecule has 3 rings (SSSR count). The minimum Gasteiger partial charge on any atom is -0.386 e. The maximum absolute atomic E-state index is 11.8. The van der Waals surface area contributed by atoms with Crippen molar-refractivity contribution in [2.24, 2.45) is 0 Å². The molecule has 0 radical (unpaired) electrons. The van der Waals surface area contributed by atoms with E-state index >= 15 is 0 Å². The molecule has 0 N–H and O–H groups in total. The third kappa shape index (κ3) is 1.38. The summed E-state index contributed by atoms with van der Waals surface area (Å²) in [6.45, 7) is 7.80. The van der Waals surface area contributed by atoms with Gasteiger partial charge < -0.3 is 4.74 Å². The van der Waals surface area contributed by atoms with E-state index in [1.165, 1.54) is 0 Å². The molecule has 0 aliphatic carbocycles. The fourth-order valence-electron chi connectivity index (χ4n) is 3.10. The monoisotopic (exact) mass is 254 g/mol. The quantitative estimate of drug-likeness (QED) is 0.534. The molecular formula is C16H14O3. The molecule has 3 heteroatoms.